The Morgan fingerprint density at radius 2 is 1.92 bits per heavy atom. The van der Waals surface area contributed by atoms with E-state index in [9.17, 15) is 9.59 Å². The van der Waals surface area contributed by atoms with Crippen LogP contribution in [0.3, 0.4) is 0 Å². The van der Waals surface area contributed by atoms with Crippen molar-refractivity contribution in [2.45, 2.75) is 6.54 Å². The molecule has 2 amide bonds. The van der Waals surface area contributed by atoms with Crippen molar-refractivity contribution in [3.05, 3.63) is 41.6 Å². The van der Waals surface area contributed by atoms with Crippen LogP contribution >= 0.6 is 0 Å². The molecule has 0 bridgehead atoms. The van der Waals surface area contributed by atoms with Gasteiger partial charge in [-0.3, -0.25) is 14.5 Å². The molecule has 132 valence electrons. The molecule has 3 rings (SSSR count). The number of morpholine rings is 1. The van der Waals surface area contributed by atoms with E-state index in [0.717, 1.165) is 5.56 Å². The van der Waals surface area contributed by atoms with Gasteiger partial charge in [0.15, 0.2) is 11.5 Å². The Bertz CT molecular complexity index is 740. The second kappa shape index (κ2) is 7.86. The van der Waals surface area contributed by atoms with Crippen LogP contribution in [0.15, 0.2) is 30.3 Å². The number of ether oxygens (including phenoxy) is 1. The molecule has 1 saturated heterocycles. The second-order valence-electron chi connectivity index (χ2n) is 5.73. The van der Waals surface area contributed by atoms with Crippen LogP contribution in [-0.4, -0.2) is 64.6 Å². The Kier molecular flexibility index (Phi) is 5.36. The van der Waals surface area contributed by atoms with Crippen molar-refractivity contribution in [2.75, 3.05) is 38.2 Å². The van der Waals surface area contributed by atoms with Gasteiger partial charge < -0.3 is 15.8 Å². The van der Waals surface area contributed by atoms with Crippen molar-refractivity contribution >= 4 is 17.6 Å². The topological polar surface area (TPSA) is 115 Å². The summed E-state index contributed by atoms with van der Waals surface area (Å²) in [7, 11) is 0. The standard InChI is InChI=1S/C16H20N6O3/c17-15(24)14-16(18-13(23)11-21-6-8-25-9-7-21)22(20-19-14)10-12-4-2-1-3-5-12/h1-5H,6-11H2,(H2,17,24)(H,18,23). The number of hydrogen-bond acceptors (Lipinski definition) is 6. The maximum Gasteiger partial charge on any atom is 0.273 e. The van der Waals surface area contributed by atoms with Gasteiger partial charge in [0.2, 0.25) is 5.91 Å². The number of primary amides is 1. The Morgan fingerprint density at radius 3 is 2.60 bits per heavy atom. The smallest absolute Gasteiger partial charge is 0.273 e. The number of carbonyl (C=O) groups excluding carboxylic acids is 2. The second-order valence-corrected chi connectivity index (χ2v) is 5.73. The maximum atomic E-state index is 12.3. The van der Waals surface area contributed by atoms with Crippen molar-refractivity contribution in [1.82, 2.24) is 19.9 Å². The minimum atomic E-state index is -0.735. The van der Waals surface area contributed by atoms with Gasteiger partial charge in [-0.05, 0) is 5.56 Å². The summed E-state index contributed by atoms with van der Waals surface area (Å²) in [6.07, 6.45) is 0. The monoisotopic (exact) mass is 344 g/mol. The van der Waals surface area contributed by atoms with Gasteiger partial charge in [-0.15, -0.1) is 5.10 Å². The minimum Gasteiger partial charge on any atom is -0.379 e. The third-order valence-corrected chi connectivity index (χ3v) is 3.87. The summed E-state index contributed by atoms with van der Waals surface area (Å²) in [5.74, 6) is -0.767. The van der Waals surface area contributed by atoms with E-state index in [4.69, 9.17) is 10.5 Å². The van der Waals surface area contributed by atoms with E-state index in [1.165, 1.54) is 4.68 Å². The molecule has 1 aromatic heterocycles. The number of carbonyl (C=O) groups is 2. The van der Waals surface area contributed by atoms with Gasteiger partial charge in [-0.25, -0.2) is 4.68 Å². The number of amides is 2. The summed E-state index contributed by atoms with van der Waals surface area (Å²) >= 11 is 0. The molecule has 1 aliphatic rings. The summed E-state index contributed by atoms with van der Waals surface area (Å²) in [5.41, 5.74) is 6.26. The van der Waals surface area contributed by atoms with Crippen LogP contribution in [0.1, 0.15) is 16.1 Å². The van der Waals surface area contributed by atoms with Gasteiger partial charge in [-0.2, -0.15) is 0 Å². The third kappa shape index (κ3) is 4.40. The van der Waals surface area contributed by atoms with E-state index < -0.39 is 5.91 Å². The molecule has 1 fully saturated rings. The normalized spacial score (nSPS) is 15.0. The third-order valence-electron chi connectivity index (χ3n) is 3.87. The highest BCUT2D eigenvalue weighted by Crippen LogP contribution is 2.14. The summed E-state index contributed by atoms with van der Waals surface area (Å²) in [5, 5.41) is 10.5. The zero-order valence-electron chi connectivity index (χ0n) is 13.7. The average Bonchev–Trinajstić information content (AvgIpc) is 2.99. The highest BCUT2D eigenvalue weighted by molar-refractivity contribution is 6.00. The Labute approximate surface area is 144 Å². The molecule has 0 atom stereocenters. The maximum absolute atomic E-state index is 12.3. The molecule has 0 unspecified atom stereocenters. The molecule has 0 aliphatic carbocycles. The molecule has 9 nitrogen and oxygen atoms in total. The number of anilines is 1. The minimum absolute atomic E-state index is 0.0498. The molecule has 0 radical (unpaired) electrons. The number of aromatic nitrogens is 3. The molecule has 0 saturated carbocycles. The highest BCUT2D eigenvalue weighted by atomic mass is 16.5. The Hall–Kier alpha value is -2.78. The largest absolute Gasteiger partial charge is 0.379 e. The number of nitrogens with one attached hydrogen (secondary N) is 1. The average molecular weight is 344 g/mol. The van der Waals surface area contributed by atoms with Crippen LogP contribution in [0.4, 0.5) is 5.82 Å². The zero-order valence-corrected chi connectivity index (χ0v) is 13.7. The van der Waals surface area contributed by atoms with Crippen LogP contribution in [-0.2, 0) is 16.1 Å². The molecule has 9 heteroatoms. The van der Waals surface area contributed by atoms with Crippen molar-refractivity contribution in [1.29, 1.82) is 0 Å². The van der Waals surface area contributed by atoms with Crippen molar-refractivity contribution in [3.8, 4) is 0 Å². The lowest BCUT2D eigenvalue weighted by atomic mass is 10.2. The van der Waals surface area contributed by atoms with E-state index in [1.54, 1.807) is 0 Å². The molecule has 0 spiro atoms. The van der Waals surface area contributed by atoms with Gasteiger partial charge in [0, 0.05) is 13.1 Å². The summed E-state index contributed by atoms with van der Waals surface area (Å²) in [4.78, 5) is 25.9. The first-order valence-electron chi connectivity index (χ1n) is 8.00. The molecule has 25 heavy (non-hydrogen) atoms. The van der Waals surface area contributed by atoms with E-state index >= 15 is 0 Å². The van der Waals surface area contributed by atoms with Crippen LogP contribution in [0.5, 0.6) is 0 Å². The van der Waals surface area contributed by atoms with Crippen LogP contribution in [0.25, 0.3) is 0 Å². The fraction of sp³-hybridized carbons (Fsp3) is 0.375. The van der Waals surface area contributed by atoms with Gasteiger partial charge in [0.25, 0.3) is 5.91 Å². The van der Waals surface area contributed by atoms with Crippen LogP contribution in [0.2, 0.25) is 0 Å². The van der Waals surface area contributed by atoms with Crippen LogP contribution in [0, 0.1) is 0 Å². The lowest BCUT2D eigenvalue weighted by Gasteiger charge is -2.25. The fourth-order valence-corrected chi connectivity index (χ4v) is 2.60. The Morgan fingerprint density at radius 1 is 1.20 bits per heavy atom. The first-order chi connectivity index (χ1) is 12.1. The van der Waals surface area contributed by atoms with E-state index in [0.29, 0.717) is 32.8 Å². The molecule has 1 aliphatic heterocycles. The molecular formula is C16H20N6O3. The van der Waals surface area contributed by atoms with Crippen molar-refractivity contribution in [3.63, 3.8) is 0 Å². The highest BCUT2D eigenvalue weighted by Gasteiger charge is 2.21. The number of nitrogens with zero attached hydrogens (tertiary/aromatic N) is 4. The summed E-state index contributed by atoms with van der Waals surface area (Å²) in [6, 6.07) is 9.55. The van der Waals surface area contributed by atoms with Gasteiger partial charge >= 0.3 is 0 Å². The van der Waals surface area contributed by atoms with Gasteiger partial charge in [0.1, 0.15) is 0 Å². The predicted molar refractivity (Wildman–Crippen MR) is 90.0 cm³/mol. The quantitative estimate of drug-likeness (QED) is 0.743. The zero-order chi connectivity index (χ0) is 17.6. The van der Waals surface area contributed by atoms with Crippen molar-refractivity contribution in [2.24, 2.45) is 5.73 Å². The molecule has 1 aromatic carbocycles. The lowest BCUT2D eigenvalue weighted by molar-refractivity contribution is -0.118. The van der Waals surface area contributed by atoms with Gasteiger partial charge in [0.05, 0.1) is 26.3 Å². The summed E-state index contributed by atoms with van der Waals surface area (Å²) in [6.45, 7) is 3.17. The van der Waals surface area contributed by atoms with Crippen LogP contribution < -0.4 is 11.1 Å². The molecule has 2 aromatic rings. The number of nitrogens with two attached hydrogens (primary N) is 1. The van der Waals surface area contributed by atoms with Crippen molar-refractivity contribution < 1.29 is 14.3 Å². The number of hydrogen-bond donors (Lipinski definition) is 2. The lowest BCUT2D eigenvalue weighted by Crippen LogP contribution is -2.41. The summed E-state index contributed by atoms with van der Waals surface area (Å²) < 4.78 is 6.73. The number of benzene rings is 1. The van der Waals surface area contributed by atoms with E-state index in [2.05, 4.69) is 15.6 Å². The van der Waals surface area contributed by atoms with E-state index in [1.807, 2.05) is 35.2 Å². The fourth-order valence-electron chi connectivity index (χ4n) is 2.60. The predicted octanol–water partition coefficient (Wildman–Crippen LogP) is -0.304. The van der Waals surface area contributed by atoms with Gasteiger partial charge in [-0.1, -0.05) is 35.5 Å². The molecule has 2 heterocycles. The first kappa shape index (κ1) is 17.1. The Balaban J connectivity index is 1.74. The first-order valence-corrected chi connectivity index (χ1v) is 8.00. The number of rotatable bonds is 6. The SMILES string of the molecule is NC(=O)c1nnn(Cc2ccccc2)c1NC(=O)CN1CCOCC1. The van der Waals surface area contributed by atoms with E-state index in [-0.39, 0.29) is 24.0 Å². The molecule has 3 N–H and O–H groups in total. The molecular weight excluding hydrogens is 324 g/mol.